The Labute approximate surface area is 58.6 Å². The van der Waals surface area contributed by atoms with Crippen molar-refractivity contribution in [2.45, 2.75) is 12.5 Å². The van der Waals surface area contributed by atoms with E-state index in [1.807, 2.05) is 6.26 Å². The molecule has 0 saturated carbocycles. The van der Waals surface area contributed by atoms with Gasteiger partial charge in [-0.3, -0.25) is 4.79 Å². The summed E-state index contributed by atoms with van der Waals surface area (Å²) in [5, 5.41) is 8.27. The highest BCUT2D eigenvalue weighted by Crippen LogP contribution is 1.97. The predicted molar refractivity (Wildman–Crippen MR) is 38.6 cm³/mol. The summed E-state index contributed by atoms with van der Waals surface area (Å²) in [7, 11) is 0. The fourth-order valence-corrected chi connectivity index (χ4v) is 0.858. The molecule has 3 N–H and O–H groups in total. The highest BCUT2D eigenvalue weighted by molar-refractivity contribution is 7.98. The molecule has 0 aliphatic heterocycles. The zero-order valence-electron chi connectivity index (χ0n) is 5.33. The lowest BCUT2D eigenvalue weighted by atomic mass is 9.93. The molecule has 0 rings (SSSR count). The van der Waals surface area contributed by atoms with Crippen molar-refractivity contribution in [2.24, 2.45) is 5.73 Å². The van der Waals surface area contributed by atoms with Gasteiger partial charge in [-0.2, -0.15) is 11.8 Å². The Morgan fingerprint density at radius 3 is 2.78 bits per heavy atom. The number of carboxylic acid groups (broad SMARTS) is 1. The van der Waals surface area contributed by atoms with E-state index in [1.165, 1.54) is 0 Å². The van der Waals surface area contributed by atoms with Crippen molar-refractivity contribution >= 4 is 17.7 Å². The van der Waals surface area contributed by atoms with Crippen molar-refractivity contribution < 1.29 is 9.90 Å². The smallest absolute Gasteiger partial charge is 0.320 e. The summed E-state index contributed by atoms with van der Waals surface area (Å²) in [6, 6.07) is -0.683. The number of aliphatic carboxylic acids is 1. The zero-order valence-corrected chi connectivity index (χ0v) is 6.15. The number of thioether (sulfide) groups is 1. The van der Waals surface area contributed by atoms with Gasteiger partial charge < -0.3 is 10.8 Å². The SMILES string of the molecule is CSCCC(N)[11C](=O)O. The van der Waals surface area contributed by atoms with Gasteiger partial charge in [0.1, 0.15) is 6.04 Å². The van der Waals surface area contributed by atoms with Gasteiger partial charge in [-0.15, -0.1) is 0 Å². The Morgan fingerprint density at radius 2 is 2.44 bits per heavy atom. The summed E-state index contributed by atoms with van der Waals surface area (Å²) in [6.07, 6.45) is 2.48. The second-order valence-electron chi connectivity index (χ2n) is 1.73. The molecule has 0 spiro atoms. The van der Waals surface area contributed by atoms with Gasteiger partial charge in [-0.1, -0.05) is 0 Å². The second-order valence-corrected chi connectivity index (χ2v) is 2.71. The van der Waals surface area contributed by atoms with E-state index in [1.54, 1.807) is 11.8 Å². The minimum Gasteiger partial charge on any atom is -0.480 e. The standard InChI is InChI=1S/C5H11NO2S/c1-9-3-2-4(6)5(7)8/h4H,2-3,6H2,1H3,(H,7,8)/i5-1. The molecule has 0 aromatic carbocycles. The molecule has 3 nitrogen and oxygen atoms in total. The van der Waals surface area contributed by atoms with Crippen molar-refractivity contribution in [1.29, 1.82) is 0 Å². The van der Waals surface area contributed by atoms with Gasteiger partial charge in [0, 0.05) is 0 Å². The van der Waals surface area contributed by atoms with Crippen LogP contribution < -0.4 is 5.73 Å². The van der Waals surface area contributed by atoms with E-state index in [0.717, 1.165) is 5.75 Å². The van der Waals surface area contributed by atoms with Crippen LogP contribution in [0.4, 0.5) is 0 Å². The normalized spacial score (nSPS) is 13.1. The average Bonchev–Trinajstić information content (AvgIpc) is 1.82. The Kier molecular flexibility index (Phi) is 4.53. The zero-order chi connectivity index (χ0) is 7.28. The van der Waals surface area contributed by atoms with Gasteiger partial charge in [0.2, 0.25) is 0 Å². The molecule has 0 fully saturated rings. The minimum atomic E-state index is -0.913. The molecule has 0 aromatic heterocycles. The van der Waals surface area contributed by atoms with E-state index in [2.05, 4.69) is 0 Å². The first kappa shape index (κ1) is 8.78. The lowest BCUT2D eigenvalue weighted by Gasteiger charge is -2.02. The van der Waals surface area contributed by atoms with E-state index >= 15 is 0 Å². The van der Waals surface area contributed by atoms with Crippen LogP contribution in [0, 0.1) is 0 Å². The van der Waals surface area contributed by atoms with E-state index < -0.39 is 12.0 Å². The summed E-state index contributed by atoms with van der Waals surface area (Å²) in [5.74, 6) is -0.1000. The number of carboxylic acids is 1. The Hall–Kier alpha value is -0.220. The molecule has 0 aliphatic rings. The fraction of sp³-hybridized carbons (Fsp3) is 0.800. The Morgan fingerprint density at radius 1 is 1.89 bits per heavy atom. The number of hydrogen-bond acceptors (Lipinski definition) is 3. The van der Waals surface area contributed by atoms with E-state index in [9.17, 15) is 4.79 Å². The first-order chi connectivity index (χ1) is 4.18. The monoisotopic (exact) mass is 148 g/mol. The lowest BCUT2D eigenvalue weighted by Crippen LogP contribution is -2.30. The first-order valence-electron chi connectivity index (χ1n) is 2.65. The molecule has 0 heterocycles. The van der Waals surface area contributed by atoms with Gasteiger partial charge >= 0.3 is 5.97 Å². The lowest BCUT2D eigenvalue weighted by molar-refractivity contribution is -0.138. The Bertz CT molecular complexity index is 97.0. The van der Waals surface area contributed by atoms with Gasteiger partial charge in [-0.05, 0) is 18.4 Å². The maximum atomic E-state index is 10.1. The van der Waals surface area contributed by atoms with Crippen molar-refractivity contribution in [3.8, 4) is 0 Å². The first-order valence-corrected chi connectivity index (χ1v) is 4.05. The molecule has 4 heteroatoms. The number of rotatable bonds is 4. The van der Waals surface area contributed by atoms with Crippen LogP contribution in [0.3, 0.4) is 0 Å². The average molecular weight is 148 g/mol. The van der Waals surface area contributed by atoms with Crippen LogP contribution in [0.1, 0.15) is 6.42 Å². The van der Waals surface area contributed by atoms with Crippen molar-refractivity contribution in [3.05, 3.63) is 0 Å². The highest BCUT2D eigenvalue weighted by atomic mass is 32.2. The van der Waals surface area contributed by atoms with Crippen molar-refractivity contribution in [3.63, 3.8) is 0 Å². The minimum absolute atomic E-state index is 0.552. The molecule has 9 heavy (non-hydrogen) atoms. The molecule has 0 bridgehead atoms. The Balaban J connectivity index is 3.27. The van der Waals surface area contributed by atoms with Gasteiger partial charge in [0.25, 0.3) is 0 Å². The van der Waals surface area contributed by atoms with E-state index in [0.29, 0.717) is 6.42 Å². The quantitative estimate of drug-likeness (QED) is 0.595. The number of hydrogen-bond donors (Lipinski definition) is 2. The number of carbonyl (C=O) groups is 1. The maximum absolute atomic E-state index is 10.1. The van der Waals surface area contributed by atoms with E-state index in [4.69, 9.17) is 10.8 Å². The van der Waals surface area contributed by atoms with Crippen LogP contribution in [0.25, 0.3) is 0 Å². The topological polar surface area (TPSA) is 63.3 Å². The van der Waals surface area contributed by atoms with Crippen LogP contribution in [0.15, 0.2) is 0 Å². The molecule has 0 radical (unpaired) electrons. The van der Waals surface area contributed by atoms with Crippen LogP contribution in [-0.4, -0.2) is 29.1 Å². The number of nitrogens with two attached hydrogens (primary N) is 1. The van der Waals surface area contributed by atoms with Crippen molar-refractivity contribution in [2.75, 3.05) is 12.0 Å². The van der Waals surface area contributed by atoms with Crippen LogP contribution in [0.2, 0.25) is 0 Å². The molecule has 1 unspecified atom stereocenters. The fourth-order valence-electron chi connectivity index (χ4n) is 0.368. The molecule has 54 valence electrons. The third-order valence-electron chi connectivity index (χ3n) is 0.950. The maximum Gasteiger partial charge on any atom is 0.320 e. The van der Waals surface area contributed by atoms with E-state index in [-0.39, 0.29) is 0 Å². The molecule has 1 atom stereocenters. The second kappa shape index (κ2) is 4.64. The molecule has 0 aliphatic carbocycles. The van der Waals surface area contributed by atoms with Crippen molar-refractivity contribution in [1.82, 2.24) is 0 Å². The van der Waals surface area contributed by atoms with Gasteiger partial charge in [0.05, 0.1) is 0 Å². The molecular formula is C5H11NO2S. The van der Waals surface area contributed by atoms with Crippen LogP contribution >= 0.6 is 11.8 Å². The van der Waals surface area contributed by atoms with Crippen LogP contribution in [0.5, 0.6) is 0 Å². The van der Waals surface area contributed by atoms with Gasteiger partial charge in [-0.25, -0.2) is 0 Å². The summed E-state index contributed by atoms with van der Waals surface area (Å²) >= 11 is 1.60. The summed E-state index contributed by atoms with van der Waals surface area (Å²) in [6.45, 7) is 0. The predicted octanol–water partition coefficient (Wildman–Crippen LogP) is 0.151. The molecule has 0 amide bonds. The molecule has 0 aromatic rings. The molecular weight excluding hydrogens is 137 g/mol. The summed E-state index contributed by atoms with van der Waals surface area (Å²) < 4.78 is 0. The summed E-state index contributed by atoms with van der Waals surface area (Å²) in [5.41, 5.74) is 5.19. The summed E-state index contributed by atoms with van der Waals surface area (Å²) in [4.78, 5) is 10.1. The van der Waals surface area contributed by atoms with Crippen LogP contribution in [-0.2, 0) is 4.79 Å². The third-order valence-corrected chi connectivity index (χ3v) is 1.59. The third kappa shape index (κ3) is 4.29. The largest absolute Gasteiger partial charge is 0.480 e. The highest BCUT2D eigenvalue weighted by Gasteiger charge is 2.08. The molecule has 0 saturated heterocycles. The van der Waals surface area contributed by atoms with Gasteiger partial charge in [0.15, 0.2) is 0 Å².